The Morgan fingerprint density at radius 2 is 2.19 bits per heavy atom. The number of carbonyl (C=O) groups is 1. The summed E-state index contributed by atoms with van der Waals surface area (Å²) >= 11 is 0. The number of aromatic hydroxyl groups is 1. The number of aromatic nitrogens is 5. The van der Waals surface area contributed by atoms with Crippen LogP contribution in [0.4, 0.5) is 0 Å². The molecule has 3 aromatic rings. The monoisotopic (exact) mass is 369 g/mol. The minimum atomic E-state index is -1.44. The molecule has 0 radical (unpaired) electrons. The third-order valence-electron chi connectivity index (χ3n) is 4.91. The fourth-order valence-corrected chi connectivity index (χ4v) is 3.73. The standard InChI is InChI=1S/C18H19N5O4/c1-2-23-11-6-3-5-10-14(21-17(25)13(16(10)24)18(26)27)15(11)20-12(23)9-22-8-4-7-19-22/h4,7-8H,2-3,5-6,9H2,1H3,(H,26,27)(H2,21,24,25). The van der Waals surface area contributed by atoms with Gasteiger partial charge in [0.15, 0.2) is 5.56 Å². The summed E-state index contributed by atoms with van der Waals surface area (Å²) in [4.78, 5) is 31.0. The summed E-state index contributed by atoms with van der Waals surface area (Å²) in [5, 5.41) is 23.9. The minimum Gasteiger partial charge on any atom is -0.506 e. The molecule has 1 aliphatic rings. The highest BCUT2D eigenvalue weighted by Gasteiger charge is 2.28. The number of aromatic carboxylic acids is 1. The number of pyridine rings is 1. The predicted molar refractivity (Wildman–Crippen MR) is 95.9 cm³/mol. The fourth-order valence-electron chi connectivity index (χ4n) is 3.73. The van der Waals surface area contributed by atoms with Crippen molar-refractivity contribution in [1.82, 2.24) is 24.3 Å². The van der Waals surface area contributed by atoms with Crippen molar-refractivity contribution in [3.63, 3.8) is 0 Å². The largest absolute Gasteiger partial charge is 0.506 e. The quantitative estimate of drug-likeness (QED) is 0.638. The molecule has 27 heavy (non-hydrogen) atoms. The van der Waals surface area contributed by atoms with E-state index in [-0.39, 0.29) is 0 Å². The van der Waals surface area contributed by atoms with Gasteiger partial charge >= 0.3 is 5.97 Å². The molecule has 4 rings (SSSR count). The maximum absolute atomic E-state index is 12.2. The average Bonchev–Trinajstić information content (AvgIpc) is 3.20. The van der Waals surface area contributed by atoms with Gasteiger partial charge in [0.25, 0.3) is 5.56 Å². The van der Waals surface area contributed by atoms with Gasteiger partial charge in [-0.1, -0.05) is 0 Å². The van der Waals surface area contributed by atoms with Crippen LogP contribution in [0.15, 0.2) is 23.3 Å². The van der Waals surface area contributed by atoms with Crippen LogP contribution in [0.2, 0.25) is 0 Å². The number of carboxylic acid groups (broad SMARTS) is 1. The summed E-state index contributed by atoms with van der Waals surface area (Å²) in [6.45, 7) is 3.21. The second kappa shape index (κ2) is 6.42. The molecule has 0 bridgehead atoms. The fraction of sp³-hybridized carbons (Fsp3) is 0.333. The Morgan fingerprint density at radius 3 is 2.85 bits per heavy atom. The van der Waals surface area contributed by atoms with Gasteiger partial charge in [-0.3, -0.25) is 9.48 Å². The highest BCUT2D eigenvalue weighted by atomic mass is 16.4. The van der Waals surface area contributed by atoms with Gasteiger partial charge in [-0.15, -0.1) is 0 Å². The summed E-state index contributed by atoms with van der Waals surface area (Å²) in [6, 6.07) is 1.84. The summed E-state index contributed by atoms with van der Waals surface area (Å²) < 4.78 is 3.86. The molecule has 0 saturated heterocycles. The Bertz CT molecular complexity index is 1080. The molecule has 0 aromatic carbocycles. The van der Waals surface area contributed by atoms with Crippen LogP contribution in [0.5, 0.6) is 5.75 Å². The number of hydrogen-bond acceptors (Lipinski definition) is 5. The van der Waals surface area contributed by atoms with E-state index in [9.17, 15) is 19.8 Å². The summed E-state index contributed by atoms with van der Waals surface area (Å²) in [5.41, 5.74) is 0.948. The molecular formula is C18H19N5O4. The zero-order valence-corrected chi connectivity index (χ0v) is 14.8. The molecule has 0 amide bonds. The van der Waals surface area contributed by atoms with E-state index in [2.05, 4.69) is 14.6 Å². The number of H-pyrrole nitrogens is 1. The number of rotatable bonds is 4. The van der Waals surface area contributed by atoms with Crippen LogP contribution in [-0.4, -0.2) is 40.5 Å². The predicted octanol–water partition coefficient (Wildman–Crippen LogP) is 1.40. The minimum absolute atomic E-state index is 0.406. The van der Waals surface area contributed by atoms with Crippen LogP contribution in [0.25, 0.3) is 11.4 Å². The molecule has 3 aromatic heterocycles. The Morgan fingerprint density at radius 1 is 1.37 bits per heavy atom. The zero-order valence-electron chi connectivity index (χ0n) is 14.8. The van der Waals surface area contributed by atoms with E-state index in [0.29, 0.717) is 49.3 Å². The number of nitrogens with zero attached hydrogens (tertiary/aromatic N) is 4. The van der Waals surface area contributed by atoms with E-state index in [1.54, 1.807) is 10.9 Å². The van der Waals surface area contributed by atoms with E-state index >= 15 is 0 Å². The molecule has 0 spiro atoms. The Hall–Kier alpha value is -3.36. The second-order valence-electron chi connectivity index (χ2n) is 6.46. The van der Waals surface area contributed by atoms with Gasteiger partial charge in [0.05, 0.1) is 12.2 Å². The topological polar surface area (TPSA) is 126 Å². The third-order valence-corrected chi connectivity index (χ3v) is 4.91. The first-order chi connectivity index (χ1) is 13.0. The number of carboxylic acids is 1. The van der Waals surface area contributed by atoms with Crippen molar-refractivity contribution >= 4 is 5.97 Å². The van der Waals surface area contributed by atoms with E-state index in [1.807, 2.05) is 19.2 Å². The highest BCUT2D eigenvalue weighted by molar-refractivity contribution is 5.91. The molecule has 9 heteroatoms. The lowest BCUT2D eigenvalue weighted by Crippen LogP contribution is -2.20. The van der Waals surface area contributed by atoms with Gasteiger partial charge in [-0.05, 0) is 32.3 Å². The van der Waals surface area contributed by atoms with E-state index in [4.69, 9.17) is 4.98 Å². The normalized spacial score (nSPS) is 13.1. The molecule has 0 saturated carbocycles. The van der Waals surface area contributed by atoms with Gasteiger partial charge < -0.3 is 19.8 Å². The average molecular weight is 369 g/mol. The number of aromatic amines is 1. The first-order valence-corrected chi connectivity index (χ1v) is 8.78. The third kappa shape index (κ3) is 2.71. The molecule has 0 aliphatic heterocycles. The molecule has 0 unspecified atom stereocenters. The molecule has 9 nitrogen and oxygen atoms in total. The van der Waals surface area contributed by atoms with Crippen molar-refractivity contribution in [2.24, 2.45) is 0 Å². The van der Waals surface area contributed by atoms with Crippen LogP contribution >= 0.6 is 0 Å². The lowest BCUT2D eigenvalue weighted by Gasteiger charge is -2.09. The number of imidazole rings is 1. The SMILES string of the molecule is CCn1c(Cn2cccn2)nc2c1CCCc1c-2[nH]c(=O)c(C(=O)O)c1O. The maximum atomic E-state index is 12.2. The van der Waals surface area contributed by atoms with Crippen molar-refractivity contribution < 1.29 is 15.0 Å². The smallest absolute Gasteiger partial charge is 0.345 e. The van der Waals surface area contributed by atoms with Gasteiger partial charge in [0.2, 0.25) is 0 Å². The van der Waals surface area contributed by atoms with Crippen molar-refractivity contribution in [1.29, 1.82) is 0 Å². The Balaban J connectivity index is 1.92. The highest BCUT2D eigenvalue weighted by Crippen LogP contribution is 2.36. The zero-order chi connectivity index (χ0) is 19.1. The van der Waals surface area contributed by atoms with E-state index < -0.39 is 22.8 Å². The number of fused-ring (bicyclic) bond motifs is 3. The van der Waals surface area contributed by atoms with Gasteiger partial charge in [-0.2, -0.15) is 5.10 Å². The van der Waals surface area contributed by atoms with Crippen LogP contribution in [-0.2, 0) is 25.9 Å². The van der Waals surface area contributed by atoms with Crippen molar-refractivity contribution in [2.75, 3.05) is 0 Å². The first kappa shape index (κ1) is 17.1. The Kier molecular flexibility index (Phi) is 4.06. The molecule has 3 N–H and O–H groups in total. The number of hydrogen-bond donors (Lipinski definition) is 3. The van der Waals surface area contributed by atoms with Crippen molar-refractivity contribution in [3.05, 3.63) is 51.5 Å². The summed E-state index contributed by atoms with van der Waals surface area (Å²) in [5.74, 6) is -1.12. The van der Waals surface area contributed by atoms with Crippen LogP contribution in [0.1, 0.15) is 40.8 Å². The molecular weight excluding hydrogens is 350 g/mol. The first-order valence-electron chi connectivity index (χ1n) is 8.78. The maximum Gasteiger partial charge on any atom is 0.345 e. The van der Waals surface area contributed by atoms with Gasteiger partial charge in [-0.25, -0.2) is 9.78 Å². The lowest BCUT2D eigenvalue weighted by atomic mass is 10.0. The number of nitrogens with one attached hydrogen (secondary N) is 1. The lowest BCUT2D eigenvalue weighted by molar-refractivity contribution is 0.0691. The van der Waals surface area contributed by atoms with E-state index in [1.165, 1.54) is 0 Å². The second-order valence-corrected chi connectivity index (χ2v) is 6.46. The van der Waals surface area contributed by atoms with Crippen LogP contribution in [0.3, 0.4) is 0 Å². The molecule has 0 atom stereocenters. The van der Waals surface area contributed by atoms with E-state index in [0.717, 1.165) is 11.5 Å². The van der Waals surface area contributed by atoms with Gasteiger partial charge in [0.1, 0.15) is 17.3 Å². The summed E-state index contributed by atoms with van der Waals surface area (Å²) in [7, 11) is 0. The van der Waals surface area contributed by atoms with Crippen LogP contribution in [0, 0.1) is 0 Å². The van der Waals surface area contributed by atoms with Crippen molar-refractivity contribution in [2.45, 2.75) is 39.3 Å². The van der Waals surface area contributed by atoms with Crippen molar-refractivity contribution in [3.8, 4) is 17.1 Å². The Labute approximate surface area is 153 Å². The summed E-state index contributed by atoms with van der Waals surface area (Å²) in [6.07, 6.45) is 5.44. The van der Waals surface area contributed by atoms with Crippen LogP contribution < -0.4 is 5.56 Å². The van der Waals surface area contributed by atoms with Gasteiger partial charge in [0, 0.05) is 30.2 Å². The molecule has 3 heterocycles. The molecule has 0 fully saturated rings. The molecule has 1 aliphatic carbocycles. The molecule has 140 valence electrons.